The van der Waals surface area contributed by atoms with Crippen LogP contribution >= 0.6 is 11.6 Å². The second-order valence-corrected chi connectivity index (χ2v) is 16.4. The van der Waals surface area contributed by atoms with Gasteiger partial charge in [0, 0.05) is 88.8 Å². The number of hydrogen-bond donors (Lipinski definition) is 3. The average molecular weight is 824 g/mol. The predicted molar refractivity (Wildman–Crippen MR) is 228 cm³/mol. The Bertz CT molecular complexity index is 2480. The van der Waals surface area contributed by atoms with Gasteiger partial charge in [-0.3, -0.25) is 34.1 Å². The van der Waals surface area contributed by atoms with Crippen molar-refractivity contribution in [1.29, 1.82) is 0 Å². The zero-order valence-corrected chi connectivity index (χ0v) is 34.8. The predicted octanol–water partition coefficient (Wildman–Crippen LogP) is 4.07. The number of aromatic nitrogens is 5. The number of likely N-dealkylation sites (N-methyl/N-ethyl adjacent to an activating group) is 1. The van der Waals surface area contributed by atoms with E-state index in [1.54, 1.807) is 19.3 Å². The van der Waals surface area contributed by atoms with E-state index in [1.165, 1.54) is 11.6 Å². The molecular weight excluding hydrogens is 774 g/mol. The first-order chi connectivity index (χ1) is 28.4. The molecule has 3 amide bonds. The van der Waals surface area contributed by atoms with Crippen LogP contribution in [0.2, 0.25) is 5.02 Å². The minimum Gasteiger partial charge on any atom is -0.478 e. The molecule has 3 aromatic heterocycles. The molecule has 16 nitrogen and oxygen atoms in total. The lowest BCUT2D eigenvalue weighted by molar-refractivity contribution is -0.134. The van der Waals surface area contributed by atoms with Gasteiger partial charge in [0.1, 0.15) is 5.02 Å². The molecule has 3 aliphatic rings. The average Bonchev–Trinajstić information content (AvgIpc) is 3.56. The van der Waals surface area contributed by atoms with Crippen molar-refractivity contribution < 1.29 is 19.1 Å². The molecule has 3 saturated heterocycles. The monoisotopic (exact) mass is 823 g/mol. The number of halogens is 1. The van der Waals surface area contributed by atoms with Gasteiger partial charge < -0.3 is 29.7 Å². The van der Waals surface area contributed by atoms with Crippen molar-refractivity contribution in [3.63, 3.8) is 0 Å². The third kappa shape index (κ3) is 8.02. The van der Waals surface area contributed by atoms with Crippen molar-refractivity contribution in [3.05, 3.63) is 69.7 Å². The van der Waals surface area contributed by atoms with Gasteiger partial charge in [-0.2, -0.15) is 10.1 Å². The van der Waals surface area contributed by atoms with Gasteiger partial charge in [0.05, 0.1) is 34.5 Å². The van der Waals surface area contributed by atoms with Crippen molar-refractivity contribution in [2.75, 3.05) is 61.5 Å². The van der Waals surface area contributed by atoms with E-state index in [-0.39, 0.29) is 47.7 Å². The van der Waals surface area contributed by atoms with E-state index in [0.717, 1.165) is 73.2 Å². The highest BCUT2D eigenvalue weighted by Gasteiger charge is 2.35. The van der Waals surface area contributed by atoms with Gasteiger partial charge in [-0.1, -0.05) is 23.7 Å². The Kier molecular flexibility index (Phi) is 11.2. The maximum absolute atomic E-state index is 12.8. The number of piperidine rings is 2. The summed E-state index contributed by atoms with van der Waals surface area (Å²) in [5, 5.41) is 15.2. The fraction of sp³-hybridized carbons (Fsp3) is 0.452. The zero-order valence-electron chi connectivity index (χ0n) is 34.0. The number of para-hydroxylation sites is 1. The Labute approximate surface area is 346 Å². The Hall–Kier alpha value is -5.74. The number of carbonyl (C=O) groups is 3. The summed E-state index contributed by atoms with van der Waals surface area (Å²) in [6.07, 6.45) is 4.56. The summed E-state index contributed by atoms with van der Waals surface area (Å²) in [7, 11) is 5.11. The first-order valence-electron chi connectivity index (χ1n) is 20.2. The molecule has 0 spiro atoms. The number of nitrogens with one attached hydrogen (secondary N) is 3. The number of imide groups is 1. The molecule has 0 aliphatic carbocycles. The summed E-state index contributed by atoms with van der Waals surface area (Å²) < 4.78 is 8.91. The molecule has 0 saturated carbocycles. The number of fused-ring (bicyclic) bond motifs is 2. The topological polar surface area (TPSA) is 172 Å². The fourth-order valence-electron chi connectivity index (χ4n) is 8.93. The van der Waals surface area contributed by atoms with Gasteiger partial charge in [0.15, 0.2) is 18.2 Å². The Balaban J connectivity index is 0.901. The molecule has 6 heterocycles. The van der Waals surface area contributed by atoms with Crippen molar-refractivity contribution in [2.45, 2.75) is 57.5 Å². The minimum absolute atomic E-state index is 0.0815. The molecule has 310 valence electrons. The zero-order chi connectivity index (χ0) is 41.5. The van der Waals surface area contributed by atoms with Gasteiger partial charge in [-0.05, 0) is 69.4 Å². The second-order valence-electron chi connectivity index (χ2n) is 16.0. The summed E-state index contributed by atoms with van der Waals surface area (Å²) in [5.74, 6) is 0.454. The van der Waals surface area contributed by atoms with E-state index >= 15 is 0 Å². The van der Waals surface area contributed by atoms with Crippen molar-refractivity contribution in [3.8, 4) is 5.75 Å². The number of piperazine rings is 1. The lowest BCUT2D eigenvalue weighted by atomic mass is 9.92. The van der Waals surface area contributed by atoms with Crippen LogP contribution in [-0.4, -0.2) is 105 Å². The van der Waals surface area contributed by atoms with E-state index in [2.05, 4.69) is 55.5 Å². The summed E-state index contributed by atoms with van der Waals surface area (Å²) in [6, 6.07) is 14.0. The normalized spacial score (nSPS) is 20.6. The number of nitrogens with zero attached hydrogens (tertiary/aromatic N) is 8. The largest absolute Gasteiger partial charge is 0.478 e. The molecule has 3 N–H and O–H groups in total. The van der Waals surface area contributed by atoms with Crippen LogP contribution in [-0.2, 0) is 28.5 Å². The number of pyridine rings is 1. The highest BCUT2D eigenvalue weighted by molar-refractivity contribution is 6.33. The molecule has 2 aromatic carbocycles. The van der Waals surface area contributed by atoms with Gasteiger partial charge >= 0.3 is 0 Å². The van der Waals surface area contributed by atoms with Crippen LogP contribution in [0, 0.1) is 5.92 Å². The summed E-state index contributed by atoms with van der Waals surface area (Å²) in [4.78, 5) is 65.9. The van der Waals surface area contributed by atoms with E-state index < -0.39 is 5.92 Å². The molecular formula is C42H50ClN11O5. The third-order valence-electron chi connectivity index (χ3n) is 12.1. The Morgan fingerprint density at radius 1 is 1.00 bits per heavy atom. The van der Waals surface area contributed by atoms with E-state index in [4.69, 9.17) is 26.4 Å². The molecule has 1 unspecified atom stereocenters. The molecule has 59 heavy (non-hydrogen) atoms. The minimum atomic E-state index is -0.429. The van der Waals surface area contributed by atoms with Crippen LogP contribution in [0.3, 0.4) is 0 Å². The van der Waals surface area contributed by atoms with Crippen LogP contribution < -0.4 is 36.0 Å². The molecule has 3 atom stereocenters. The number of amides is 3. The fourth-order valence-corrected chi connectivity index (χ4v) is 9.07. The van der Waals surface area contributed by atoms with Crippen LogP contribution in [0.1, 0.15) is 51.1 Å². The second kappa shape index (κ2) is 16.5. The van der Waals surface area contributed by atoms with Gasteiger partial charge in [-0.25, -0.2) is 4.98 Å². The molecule has 3 aliphatic heterocycles. The molecule has 17 heteroatoms. The summed E-state index contributed by atoms with van der Waals surface area (Å²) in [6.45, 7) is 8.69. The number of rotatable bonds is 10. The quantitative estimate of drug-likeness (QED) is 0.173. The van der Waals surface area contributed by atoms with Gasteiger partial charge in [-0.15, -0.1) is 0 Å². The lowest BCUT2D eigenvalue weighted by Crippen LogP contribution is -2.58. The molecule has 5 aromatic rings. The first-order valence-corrected chi connectivity index (χ1v) is 20.6. The lowest BCUT2D eigenvalue weighted by Gasteiger charge is -2.46. The first kappa shape index (κ1) is 40.1. The number of ether oxygens (including phenoxy) is 1. The number of hydrogen-bond acceptors (Lipinski definition) is 12. The number of carbonyl (C=O) groups excluding carboxylic acids is 3. The number of anilines is 4. The number of benzene rings is 2. The Morgan fingerprint density at radius 3 is 2.49 bits per heavy atom. The van der Waals surface area contributed by atoms with Crippen molar-refractivity contribution in [2.24, 2.45) is 20.0 Å². The van der Waals surface area contributed by atoms with Crippen molar-refractivity contribution >= 4 is 74.3 Å². The SMILES string of the molecule is CNC(=O)COc1cc2cc(Nc3nc(N4C[C@@H](C)N(CC5CCN(c6cccc7c(C8CCC(=O)NC8=O)nn(C)c67)CC5)[C@@H](C)C4)ncc3Cl)ccc2n(C)c1=O. The summed E-state index contributed by atoms with van der Waals surface area (Å²) >= 11 is 6.63. The number of aryl methyl sites for hydroxylation is 2. The van der Waals surface area contributed by atoms with Crippen LogP contribution in [0.5, 0.6) is 5.75 Å². The maximum Gasteiger partial charge on any atom is 0.293 e. The van der Waals surface area contributed by atoms with Crippen LogP contribution in [0.4, 0.5) is 23.1 Å². The van der Waals surface area contributed by atoms with E-state index in [0.29, 0.717) is 46.8 Å². The van der Waals surface area contributed by atoms with Crippen molar-refractivity contribution in [1.82, 2.24) is 39.8 Å². The Morgan fingerprint density at radius 2 is 1.76 bits per heavy atom. The highest BCUT2D eigenvalue weighted by atomic mass is 35.5. The highest BCUT2D eigenvalue weighted by Crippen LogP contribution is 2.37. The van der Waals surface area contributed by atoms with E-state index in [1.807, 2.05) is 42.1 Å². The molecule has 0 radical (unpaired) electrons. The van der Waals surface area contributed by atoms with Gasteiger partial charge in [0.2, 0.25) is 17.8 Å². The summed E-state index contributed by atoms with van der Waals surface area (Å²) in [5.41, 5.74) is 3.98. The molecule has 0 bridgehead atoms. The maximum atomic E-state index is 12.8. The molecule has 3 fully saturated rings. The standard InChI is InChI=1S/C42H50ClN11O5/c1-24-20-53(42-45-19-31(43)39(48-42)46-28-9-11-32-27(17-28)18-34(41(58)50(32)4)59-23-36(56)44-3)21-25(2)54(24)22-26-13-15-52(16-14-26)33-8-6-7-29-37(49-51(5)38(29)33)30-10-12-35(55)47-40(30)57/h6-9,11,17-19,24-26,30H,10,12-16,20-23H2,1-5H3,(H,44,56)(H,45,46,48)(H,47,55,57)/t24-,25+,30?. The van der Waals surface area contributed by atoms with E-state index in [9.17, 15) is 19.2 Å². The smallest absolute Gasteiger partial charge is 0.293 e. The van der Waals surface area contributed by atoms with Crippen LogP contribution in [0.25, 0.3) is 21.8 Å². The van der Waals surface area contributed by atoms with Crippen LogP contribution in [0.15, 0.2) is 53.5 Å². The van der Waals surface area contributed by atoms with Gasteiger partial charge in [0.25, 0.3) is 11.5 Å². The third-order valence-corrected chi connectivity index (χ3v) is 12.3. The molecule has 8 rings (SSSR count).